The summed E-state index contributed by atoms with van der Waals surface area (Å²) in [5.74, 6) is 0.377. The van der Waals surface area contributed by atoms with Crippen LogP contribution in [0.15, 0.2) is 12.1 Å². The number of carbonyl (C=O) groups is 1. The van der Waals surface area contributed by atoms with Crippen molar-refractivity contribution in [2.75, 3.05) is 7.11 Å². The van der Waals surface area contributed by atoms with Crippen molar-refractivity contribution in [2.24, 2.45) is 0 Å². The first kappa shape index (κ1) is 9.19. The number of aromatic nitrogens is 1. The number of alkyl halides is 1. The zero-order valence-corrected chi connectivity index (χ0v) is 8.17. The highest BCUT2D eigenvalue weighted by atomic mass is 79.9. The van der Waals surface area contributed by atoms with Gasteiger partial charge < -0.3 is 4.74 Å². The second-order valence-electron chi connectivity index (χ2n) is 2.15. The number of halogens is 1. The summed E-state index contributed by atoms with van der Waals surface area (Å²) < 4.78 is 4.92. The molecule has 0 spiro atoms. The molecule has 0 bridgehead atoms. The molecule has 0 radical (unpaired) electrons. The van der Waals surface area contributed by atoms with E-state index in [1.54, 1.807) is 12.1 Å². The van der Waals surface area contributed by atoms with Gasteiger partial charge in [0.05, 0.1) is 18.4 Å². The molecule has 0 atom stereocenters. The van der Waals surface area contributed by atoms with Gasteiger partial charge >= 0.3 is 0 Å². The van der Waals surface area contributed by atoms with Gasteiger partial charge in [-0.25, -0.2) is 4.98 Å². The summed E-state index contributed by atoms with van der Waals surface area (Å²) >= 11 is 3.26. The Labute approximate surface area is 78.9 Å². The molecule has 4 heteroatoms. The van der Waals surface area contributed by atoms with Crippen LogP contribution in [0.5, 0.6) is 5.88 Å². The van der Waals surface area contributed by atoms with Gasteiger partial charge in [0.25, 0.3) is 0 Å². The number of ether oxygens (including phenoxy) is 1. The Morgan fingerprint density at radius 1 is 1.67 bits per heavy atom. The van der Waals surface area contributed by atoms with E-state index < -0.39 is 0 Å². The van der Waals surface area contributed by atoms with Crippen LogP contribution in [0.2, 0.25) is 0 Å². The zero-order chi connectivity index (χ0) is 8.97. The maximum absolute atomic E-state index is 10.5. The summed E-state index contributed by atoms with van der Waals surface area (Å²) in [6.45, 7) is 0. The van der Waals surface area contributed by atoms with Crippen LogP contribution in [-0.4, -0.2) is 18.4 Å². The van der Waals surface area contributed by atoms with E-state index in [1.807, 2.05) is 0 Å². The molecule has 0 unspecified atom stereocenters. The standard InChI is InChI=1S/C8H8BrNO2/c1-12-8-6(5-11)2-3-7(4-9)10-8/h2-3,5H,4H2,1H3. The van der Waals surface area contributed by atoms with Crippen LogP contribution in [0.3, 0.4) is 0 Å². The largest absolute Gasteiger partial charge is 0.480 e. The highest BCUT2D eigenvalue weighted by Crippen LogP contribution is 2.14. The molecule has 0 saturated carbocycles. The summed E-state index contributed by atoms with van der Waals surface area (Å²) in [6.07, 6.45) is 0.726. The van der Waals surface area contributed by atoms with Crippen molar-refractivity contribution in [1.82, 2.24) is 4.98 Å². The van der Waals surface area contributed by atoms with Gasteiger partial charge in [0.1, 0.15) is 0 Å². The van der Waals surface area contributed by atoms with Crippen molar-refractivity contribution in [2.45, 2.75) is 5.33 Å². The van der Waals surface area contributed by atoms with Crippen LogP contribution in [0.1, 0.15) is 16.1 Å². The minimum absolute atomic E-state index is 0.377. The highest BCUT2D eigenvalue weighted by molar-refractivity contribution is 9.08. The van der Waals surface area contributed by atoms with E-state index in [2.05, 4.69) is 20.9 Å². The van der Waals surface area contributed by atoms with Crippen LogP contribution in [0.25, 0.3) is 0 Å². The maximum Gasteiger partial charge on any atom is 0.224 e. The number of nitrogens with zero attached hydrogens (tertiary/aromatic N) is 1. The number of rotatable bonds is 3. The smallest absolute Gasteiger partial charge is 0.224 e. The summed E-state index contributed by atoms with van der Waals surface area (Å²) in [4.78, 5) is 14.5. The average Bonchev–Trinajstić information content (AvgIpc) is 2.16. The Hall–Kier alpha value is -0.900. The van der Waals surface area contributed by atoms with Crippen LogP contribution < -0.4 is 4.74 Å². The third-order valence-electron chi connectivity index (χ3n) is 1.40. The SMILES string of the molecule is COc1nc(CBr)ccc1C=O. The third-order valence-corrected chi connectivity index (χ3v) is 1.98. The molecule has 1 aromatic heterocycles. The molecular weight excluding hydrogens is 222 g/mol. The predicted octanol–water partition coefficient (Wildman–Crippen LogP) is 1.80. The van der Waals surface area contributed by atoms with E-state index in [-0.39, 0.29) is 0 Å². The molecule has 0 aromatic carbocycles. The quantitative estimate of drug-likeness (QED) is 0.587. The minimum Gasteiger partial charge on any atom is -0.480 e. The molecule has 12 heavy (non-hydrogen) atoms. The van der Waals surface area contributed by atoms with Gasteiger partial charge in [0.2, 0.25) is 5.88 Å². The Kier molecular flexibility index (Phi) is 3.22. The van der Waals surface area contributed by atoms with Gasteiger partial charge in [-0.15, -0.1) is 0 Å². The number of methoxy groups -OCH3 is 1. The molecular formula is C8H8BrNO2. The fourth-order valence-corrected chi connectivity index (χ4v) is 1.13. The number of pyridine rings is 1. The lowest BCUT2D eigenvalue weighted by atomic mass is 10.2. The van der Waals surface area contributed by atoms with Crippen molar-refractivity contribution < 1.29 is 9.53 Å². The number of hydrogen-bond acceptors (Lipinski definition) is 3. The molecule has 1 heterocycles. The van der Waals surface area contributed by atoms with Crippen LogP contribution >= 0.6 is 15.9 Å². The predicted molar refractivity (Wildman–Crippen MR) is 48.8 cm³/mol. The van der Waals surface area contributed by atoms with Gasteiger partial charge in [-0.05, 0) is 12.1 Å². The van der Waals surface area contributed by atoms with Crippen molar-refractivity contribution >= 4 is 22.2 Å². The molecule has 1 rings (SSSR count). The summed E-state index contributed by atoms with van der Waals surface area (Å²) in [7, 11) is 1.49. The van der Waals surface area contributed by atoms with Gasteiger partial charge in [-0.1, -0.05) is 15.9 Å². The molecule has 0 saturated heterocycles. The van der Waals surface area contributed by atoms with Gasteiger partial charge in [0.15, 0.2) is 6.29 Å². The normalized spacial score (nSPS) is 9.50. The molecule has 0 aliphatic carbocycles. The fraction of sp³-hybridized carbons (Fsp3) is 0.250. The van der Waals surface area contributed by atoms with Crippen molar-refractivity contribution in [1.29, 1.82) is 0 Å². The van der Waals surface area contributed by atoms with Crippen molar-refractivity contribution in [3.63, 3.8) is 0 Å². The second-order valence-corrected chi connectivity index (χ2v) is 2.71. The van der Waals surface area contributed by atoms with E-state index in [1.165, 1.54) is 7.11 Å². The molecule has 64 valence electrons. The first-order valence-electron chi connectivity index (χ1n) is 3.37. The van der Waals surface area contributed by atoms with Gasteiger partial charge in [-0.3, -0.25) is 4.79 Å². The molecule has 0 amide bonds. The summed E-state index contributed by atoms with van der Waals surface area (Å²) in [5, 5.41) is 0.655. The monoisotopic (exact) mass is 229 g/mol. The average molecular weight is 230 g/mol. The zero-order valence-electron chi connectivity index (χ0n) is 6.58. The van der Waals surface area contributed by atoms with Crippen LogP contribution in [0.4, 0.5) is 0 Å². The van der Waals surface area contributed by atoms with E-state index >= 15 is 0 Å². The lowest BCUT2D eigenvalue weighted by molar-refractivity contribution is 0.112. The van der Waals surface area contributed by atoms with E-state index in [4.69, 9.17) is 4.74 Å². The summed E-state index contributed by atoms with van der Waals surface area (Å²) in [6, 6.07) is 3.47. The molecule has 0 aliphatic rings. The third kappa shape index (κ3) is 1.82. The van der Waals surface area contributed by atoms with E-state index in [9.17, 15) is 4.79 Å². The highest BCUT2D eigenvalue weighted by Gasteiger charge is 2.03. The van der Waals surface area contributed by atoms with E-state index in [0.29, 0.717) is 16.8 Å². The fourth-order valence-electron chi connectivity index (χ4n) is 0.817. The van der Waals surface area contributed by atoms with Gasteiger partial charge in [-0.2, -0.15) is 0 Å². The van der Waals surface area contributed by atoms with E-state index in [0.717, 1.165) is 12.0 Å². The van der Waals surface area contributed by atoms with Crippen molar-refractivity contribution in [3.8, 4) is 5.88 Å². The number of aldehydes is 1. The first-order chi connectivity index (χ1) is 5.81. The molecule has 0 N–H and O–H groups in total. The second kappa shape index (κ2) is 4.21. The molecule has 3 nitrogen and oxygen atoms in total. The Bertz CT molecular complexity index is 288. The topological polar surface area (TPSA) is 39.2 Å². The Morgan fingerprint density at radius 3 is 2.92 bits per heavy atom. The molecule has 0 fully saturated rings. The molecule has 1 aromatic rings. The Morgan fingerprint density at radius 2 is 2.42 bits per heavy atom. The minimum atomic E-state index is 0.377. The maximum atomic E-state index is 10.5. The Balaban J connectivity index is 3.10. The van der Waals surface area contributed by atoms with Crippen LogP contribution in [0, 0.1) is 0 Å². The van der Waals surface area contributed by atoms with Crippen molar-refractivity contribution in [3.05, 3.63) is 23.4 Å². The number of hydrogen-bond donors (Lipinski definition) is 0. The lowest BCUT2D eigenvalue weighted by Gasteiger charge is -2.02. The lowest BCUT2D eigenvalue weighted by Crippen LogP contribution is -1.96. The van der Waals surface area contributed by atoms with Crippen LogP contribution in [-0.2, 0) is 5.33 Å². The first-order valence-corrected chi connectivity index (χ1v) is 4.49. The van der Waals surface area contributed by atoms with Gasteiger partial charge in [0, 0.05) is 5.33 Å². The summed E-state index contributed by atoms with van der Waals surface area (Å²) in [5.41, 5.74) is 1.32. The molecule has 0 aliphatic heterocycles. The number of carbonyl (C=O) groups excluding carboxylic acids is 1.